The summed E-state index contributed by atoms with van der Waals surface area (Å²) in [5.41, 5.74) is 9.31. The third-order valence-electron chi connectivity index (χ3n) is 1.51. The molecule has 0 N–H and O–H groups in total. The van der Waals surface area contributed by atoms with Crippen molar-refractivity contribution in [1.82, 2.24) is 0 Å². The van der Waals surface area contributed by atoms with Crippen molar-refractivity contribution in [2.45, 2.75) is 11.8 Å². The van der Waals surface area contributed by atoms with Gasteiger partial charge in [-0.2, -0.15) is 0 Å². The summed E-state index contributed by atoms with van der Waals surface area (Å²) in [4.78, 5) is 3.93. The van der Waals surface area contributed by atoms with E-state index in [1.165, 1.54) is 10.5 Å². The van der Waals surface area contributed by atoms with Crippen LogP contribution in [0.15, 0.2) is 34.3 Å². The smallest absolute Gasteiger partial charge is 0.0352 e. The number of azide groups is 1. The highest BCUT2D eigenvalue weighted by molar-refractivity contribution is 7.99. The first-order chi connectivity index (χ1) is 6.33. The average molecular weight is 193 g/mol. The summed E-state index contributed by atoms with van der Waals surface area (Å²) in [6.07, 6.45) is 0. The second-order valence-corrected chi connectivity index (χ2v) is 3.79. The Morgan fingerprint density at radius 3 is 3.08 bits per heavy atom. The van der Waals surface area contributed by atoms with Crippen molar-refractivity contribution in [2.24, 2.45) is 5.11 Å². The van der Waals surface area contributed by atoms with Crippen molar-refractivity contribution in [1.29, 1.82) is 0 Å². The normalized spacial score (nSPS) is 9.31. The lowest BCUT2D eigenvalue weighted by Crippen LogP contribution is -1.83. The van der Waals surface area contributed by atoms with E-state index in [1.54, 1.807) is 11.8 Å². The highest BCUT2D eigenvalue weighted by atomic mass is 32.2. The molecule has 4 heteroatoms. The van der Waals surface area contributed by atoms with Crippen molar-refractivity contribution in [3.8, 4) is 0 Å². The Labute approximate surface area is 81.8 Å². The molecule has 0 unspecified atom stereocenters. The van der Waals surface area contributed by atoms with Crippen LogP contribution in [0.1, 0.15) is 5.56 Å². The molecule has 0 fully saturated rings. The molecule has 0 aromatic heterocycles. The highest BCUT2D eigenvalue weighted by Gasteiger charge is 1.92. The molecule has 0 amide bonds. The topological polar surface area (TPSA) is 48.8 Å². The predicted molar refractivity (Wildman–Crippen MR) is 55.9 cm³/mol. The summed E-state index contributed by atoms with van der Waals surface area (Å²) in [6, 6.07) is 8.29. The van der Waals surface area contributed by atoms with E-state index >= 15 is 0 Å². The first kappa shape index (κ1) is 9.96. The largest absolute Gasteiger partial charge is 0.126 e. The van der Waals surface area contributed by atoms with E-state index in [0.29, 0.717) is 6.54 Å². The second-order valence-electron chi connectivity index (χ2n) is 2.62. The summed E-state index contributed by atoms with van der Waals surface area (Å²) < 4.78 is 0. The molecule has 0 saturated carbocycles. The van der Waals surface area contributed by atoms with E-state index in [-0.39, 0.29) is 0 Å². The van der Waals surface area contributed by atoms with Gasteiger partial charge in [-0.15, -0.1) is 11.8 Å². The van der Waals surface area contributed by atoms with Gasteiger partial charge in [0.25, 0.3) is 0 Å². The molecule has 13 heavy (non-hydrogen) atoms. The number of benzene rings is 1. The average Bonchev–Trinajstić information content (AvgIpc) is 2.13. The first-order valence-electron chi connectivity index (χ1n) is 4.03. The third kappa shape index (κ3) is 3.87. The van der Waals surface area contributed by atoms with Crippen LogP contribution in [0.2, 0.25) is 0 Å². The highest BCUT2D eigenvalue weighted by Crippen LogP contribution is 2.18. The minimum atomic E-state index is 0.551. The lowest BCUT2D eigenvalue weighted by molar-refractivity contribution is 1.12. The maximum Gasteiger partial charge on any atom is 0.0352 e. The number of aryl methyl sites for hydroxylation is 1. The number of nitrogens with zero attached hydrogens (tertiary/aromatic N) is 3. The Morgan fingerprint density at radius 2 is 2.38 bits per heavy atom. The number of thioether (sulfide) groups is 1. The molecule has 1 aromatic carbocycles. The van der Waals surface area contributed by atoms with Crippen LogP contribution in [0.5, 0.6) is 0 Å². The fraction of sp³-hybridized carbons (Fsp3) is 0.333. The molecule has 0 aliphatic rings. The maximum atomic E-state index is 8.06. The van der Waals surface area contributed by atoms with Gasteiger partial charge in [0.2, 0.25) is 0 Å². The molecule has 1 aromatic rings. The minimum absolute atomic E-state index is 0.551. The Bertz CT molecular complexity index is 318. The molecule has 0 heterocycles. The zero-order valence-electron chi connectivity index (χ0n) is 7.47. The van der Waals surface area contributed by atoms with Gasteiger partial charge in [-0.3, -0.25) is 0 Å². The quantitative estimate of drug-likeness (QED) is 0.238. The number of hydrogen-bond donors (Lipinski definition) is 0. The Kier molecular flexibility index (Phi) is 4.23. The maximum absolute atomic E-state index is 8.06. The summed E-state index contributed by atoms with van der Waals surface area (Å²) >= 11 is 1.71. The van der Waals surface area contributed by atoms with E-state index in [2.05, 4.69) is 35.1 Å². The summed E-state index contributed by atoms with van der Waals surface area (Å²) in [5, 5.41) is 3.47. The van der Waals surface area contributed by atoms with Gasteiger partial charge >= 0.3 is 0 Å². The van der Waals surface area contributed by atoms with Crippen molar-refractivity contribution in [2.75, 3.05) is 12.3 Å². The van der Waals surface area contributed by atoms with Gasteiger partial charge in [0, 0.05) is 22.1 Å². The van der Waals surface area contributed by atoms with E-state index in [4.69, 9.17) is 5.53 Å². The minimum Gasteiger partial charge on any atom is -0.126 e. The van der Waals surface area contributed by atoms with Gasteiger partial charge in [-0.05, 0) is 24.6 Å². The van der Waals surface area contributed by atoms with Crippen molar-refractivity contribution in [3.05, 3.63) is 40.3 Å². The second kappa shape index (κ2) is 5.51. The Morgan fingerprint density at radius 1 is 1.54 bits per heavy atom. The SMILES string of the molecule is Cc1cccc(SCCN=[N+]=[N-])c1. The summed E-state index contributed by atoms with van der Waals surface area (Å²) in [7, 11) is 0. The molecule has 0 aliphatic heterocycles. The monoisotopic (exact) mass is 193 g/mol. The van der Waals surface area contributed by atoms with Crippen LogP contribution in [0.4, 0.5) is 0 Å². The first-order valence-corrected chi connectivity index (χ1v) is 5.02. The van der Waals surface area contributed by atoms with Crippen LogP contribution >= 0.6 is 11.8 Å². The fourth-order valence-electron chi connectivity index (χ4n) is 0.954. The Balaban J connectivity index is 2.40. The molecular weight excluding hydrogens is 182 g/mol. The van der Waals surface area contributed by atoms with Crippen LogP contribution in [0.3, 0.4) is 0 Å². The fourth-order valence-corrected chi connectivity index (χ4v) is 1.81. The van der Waals surface area contributed by atoms with Gasteiger partial charge in [0.1, 0.15) is 0 Å². The van der Waals surface area contributed by atoms with Gasteiger partial charge in [0.15, 0.2) is 0 Å². The van der Waals surface area contributed by atoms with Crippen LogP contribution in [0, 0.1) is 6.92 Å². The van der Waals surface area contributed by atoms with Crippen LogP contribution in [0.25, 0.3) is 10.4 Å². The van der Waals surface area contributed by atoms with Crippen LogP contribution in [-0.4, -0.2) is 12.3 Å². The van der Waals surface area contributed by atoms with Crippen molar-refractivity contribution >= 4 is 11.8 Å². The molecule has 0 spiro atoms. The standard InChI is InChI=1S/C9H11N3S/c1-8-3-2-4-9(7-8)13-6-5-11-12-10/h2-4,7H,5-6H2,1H3. The van der Waals surface area contributed by atoms with Gasteiger partial charge < -0.3 is 0 Å². The van der Waals surface area contributed by atoms with Crippen LogP contribution < -0.4 is 0 Å². The lowest BCUT2D eigenvalue weighted by Gasteiger charge is -1.99. The zero-order chi connectivity index (χ0) is 9.52. The van der Waals surface area contributed by atoms with E-state index in [9.17, 15) is 0 Å². The van der Waals surface area contributed by atoms with Crippen molar-refractivity contribution in [3.63, 3.8) is 0 Å². The molecule has 0 saturated heterocycles. The lowest BCUT2D eigenvalue weighted by atomic mass is 10.2. The van der Waals surface area contributed by atoms with Crippen LogP contribution in [-0.2, 0) is 0 Å². The number of rotatable bonds is 4. The third-order valence-corrected chi connectivity index (χ3v) is 2.49. The Hall–Kier alpha value is -1.12. The van der Waals surface area contributed by atoms with Gasteiger partial charge in [-0.25, -0.2) is 0 Å². The predicted octanol–water partition coefficient (Wildman–Crippen LogP) is 3.40. The summed E-state index contributed by atoms with van der Waals surface area (Å²) in [6.45, 7) is 2.62. The molecule has 3 nitrogen and oxygen atoms in total. The molecular formula is C9H11N3S. The number of hydrogen-bond acceptors (Lipinski definition) is 2. The molecule has 0 atom stereocenters. The summed E-state index contributed by atoms with van der Waals surface area (Å²) in [5.74, 6) is 0.841. The zero-order valence-corrected chi connectivity index (χ0v) is 8.29. The van der Waals surface area contributed by atoms with E-state index in [1.807, 2.05) is 6.07 Å². The molecule has 68 valence electrons. The van der Waals surface area contributed by atoms with Crippen molar-refractivity contribution < 1.29 is 0 Å². The van der Waals surface area contributed by atoms with Gasteiger partial charge in [-0.1, -0.05) is 22.8 Å². The van der Waals surface area contributed by atoms with Gasteiger partial charge in [0.05, 0.1) is 0 Å². The molecule has 1 rings (SSSR count). The van der Waals surface area contributed by atoms with E-state index < -0.39 is 0 Å². The molecule has 0 aliphatic carbocycles. The molecule has 0 radical (unpaired) electrons. The molecule has 0 bridgehead atoms. The van der Waals surface area contributed by atoms with E-state index in [0.717, 1.165) is 5.75 Å².